The monoisotopic (exact) mass is 434 g/mol. The van der Waals surface area contributed by atoms with Gasteiger partial charge in [-0.3, -0.25) is 24.1 Å². The molecule has 8 heteroatoms. The lowest BCUT2D eigenvalue weighted by Crippen LogP contribution is -2.69. The lowest BCUT2D eigenvalue weighted by Gasteiger charge is -2.49. The fourth-order valence-corrected chi connectivity index (χ4v) is 4.51. The summed E-state index contributed by atoms with van der Waals surface area (Å²) >= 11 is 0. The molecule has 0 aliphatic carbocycles. The molecule has 2 aliphatic rings. The van der Waals surface area contributed by atoms with Crippen LogP contribution in [0.5, 0.6) is 0 Å². The fourth-order valence-electron chi connectivity index (χ4n) is 4.51. The third-order valence-electron chi connectivity index (χ3n) is 5.91. The molecule has 8 nitrogen and oxygen atoms in total. The molecular formula is C24H26N4O4. The van der Waals surface area contributed by atoms with Crippen LogP contribution < -0.4 is 15.5 Å². The largest absolute Gasteiger partial charge is 0.326 e. The molecule has 2 heterocycles. The maximum atomic E-state index is 13.8. The summed E-state index contributed by atoms with van der Waals surface area (Å²) in [4.78, 5) is 54.7. The topological polar surface area (TPSA) is 98.8 Å². The van der Waals surface area contributed by atoms with Gasteiger partial charge in [-0.2, -0.15) is 0 Å². The van der Waals surface area contributed by atoms with Crippen LogP contribution in [0.1, 0.15) is 49.9 Å². The molecule has 1 fully saturated rings. The Morgan fingerprint density at radius 2 is 1.75 bits per heavy atom. The summed E-state index contributed by atoms with van der Waals surface area (Å²) in [5, 5.41) is 5.57. The Morgan fingerprint density at radius 3 is 2.47 bits per heavy atom. The lowest BCUT2D eigenvalue weighted by molar-refractivity contribution is -0.129. The molecule has 1 atom stereocenters. The van der Waals surface area contributed by atoms with Crippen molar-refractivity contribution in [2.24, 2.45) is 0 Å². The van der Waals surface area contributed by atoms with E-state index >= 15 is 0 Å². The van der Waals surface area contributed by atoms with E-state index in [1.54, 1.807) is 53.4 Å². The maximum Gasteiger partial charge on any atom is 0.271 e. The number of nitrogens with one attached hydrogen (secondary N) is 2. The zero-order chi connectivity index (χ0) is 22.9. The molecular weight excluding hydrogens is 408 g/mol. The number of benzene rings is 2. The molecule has 2 aromatic carbocycles. The summed E-state index contributed by atoms with van der Waals surface area (Å²) in [6.07, 6.45) is 1.94. The van der Waals surface area contributed by atoms with Crippen molar-refractivity contribution in [3.63, 3.8) is 0 Å². The molecule has 32 heavy (non-hydrogen) atoms. The van der Waals surface area contributed by atoms with E-state index in [0.29, 0.717) is 35.6 Å². The van der Waals surface area contributed by atoms with Crippen LogP contribution in [-0.4, -0.2) is 40.7 Å². The van der Waals surface area contributed by atoms with E-state index < -0.39 is 11.6 Å². The van der Waals surface area contributed by atoms with E-state index in [1.165, 1.54) is 11.8 Å². The summed E-state index contributed by atoms with van der Waals surface area (Å²) in [5.74, 6) is -1.10. The van der Waals surface area contributed by atoms with Crippen molar-refractivity contribution >= 4 is 40.7 Å². The Kier molecular flexibility index (Phi) is 5.69. The highest BCUT2D eigenvalue weighted by molar-refractivity contribution is 6.18. The number of nitrogens with zero attached hydrogens (tertiary/aromatic N) is 2. The van der Waals surface area contributed by atoms with E-state index in [9.17, 15) is 19.2 Å². The van der Waals surface area contributed by atoms with Crippen LogP contribution in [0.4, 0.5) is 17.1 Å². The van der Waals surface area contributed by atoms with Crippen LogP contribution in [0.25, 0.3) is 0 Å². The number of rotatable bonds is 6. The Morgan fingerprint density at radius 1 is 1.03 bits per heavy atom. The number of amides is 4. The van der Waals surface area contributed by atoms with E-state index in [2.05, 4.69) is 10.6 Å². The van der Waals surface area contributed by atoms with Gasteiger partial charge in [-0.1, -0.05) is 31.5 Å². The van der Waals surface area contributed by atoms with E-state index in [0.717, 1.165) is 6.42 Å². The second kappa shape index (κ2) is 8.45. The molecule has 166 valence electrons. The Labute approximate surface area is 186 Å². The molecule has 2 N–H and O–H groups in total. The normalized spacial score (nSPS) is 19.4. The van der Waals surface area contributed by atoms with Crippen LogP contribution in [-0.2, 0) is 14.4 Å². The summed E-state index contributed by atoms with van der Waals surface area (Å²) in [6, 6.07) is 13.7. The number of carbonyl (C=O) groups excluding carboxylic acids is 4. The molecule has 0 radical (unpaired) electrons. The molecule has 0 aromatic heterocycles. The number of carbonyl (C=O) groups is 4. The van der Waals surface area contributed by atoms with Crippen LogP contribution in [0.3, 0.4) is 0 Å². The number of unbranched alkanes of at least 4 members (excludes halogenated alkanes) is 1. The average Bonchev–Trinajstić information content (AvgIpc) is 3.12. The first-order valence-electron chi connectivity index (χ1n) is 10.8. The van der Waals surface area contributed by atoms with Gasteiger partial charge < -0.3 is 15.5 Å². The molecule has 0 spiro atoms. The van der Waals surface area contributed by atoms with Crippen molar-refractivity contribution in [1.82, 2.24) is 4.90 Å². The van der Waals surface area contributed by atoms with Gasteiger partial charge in [0.25, 0.3) is 11.8 Å². The van der Waals surface area contributed by atoms with Gasteiger partial charge in [0, 0.05) is 37.7 Å². The number of anilines is 3. The van der Waals surface area contributed by atoms with Gasteiger partial charge in [0.1, 0.15) is 0 Å². The smallest absolute Gasteiger partial charge is 0.271 e. The first kappa shape index (κ1) is 21.5. The zero-order valence-corrected chi connectivity index (χ0v) is 18.2. The molecule has 0 bridgehead atoms. The maximum absolute atomic E-state index is 13.8. The first-order chi connectivity index (χ1) is 15.4. The Balaban J connectivity index is 1.76. The highest BCUT2D eigenvalue weighted by Gasteiger charge is 2.60. The molecule has 2 aliphatic heterocycles. The third-order valence-corrected chi connectivity index (χ3v) is 5.91. The zero-order valence-electron chi connectivity index (χ0n) is 18.2. The van der Waals surface area contributed by atoms with Gasteiger partial charge in [0.2, 0.25) is 17.5 Å². The van der Waals surface area contributed by atoms with Crippen molar-refractivity contribution in [2.75, 3.05) is 22.1 Å². The van der Waals surface area contributed by atoms with Crippen LogP contribution in [0, 0.1) is 0 Å². The van der Waals surface area contributed by atoms with Crippen molar-refractivity contribution in [3.05, 3.63) is 54.1 Å². The molecule has 2 aromatic rings. The van der Waals surface area contributed by atoms with Crippen LogP contribution in [0.2, 0.25) is 0 Å². The number of hydrogen-bond acceptors (Lipinski definition) is 4. The highest BCUT2D eigenvalue weighted by atomic mass is 16.2. The van der Waals surface area contributed by atoms with Gasteiger partial charge in [-0.05, 0) is 36.8 Å². The third kappa shape index (κ3) is 3.51. The first-order valence-corrected chi connectivity index (χ1v) is 10.8. The molecule has 4 rings (SSSR count). The fraction of sp³-hybridized carbons (Fsp3) is 0.333. The van der Waals surface area contributed by atoms with Crippen molar-refractivity contribution < 1.29 is 19.2 Å². The standard InChI is InChI=1S/C24H26N4O4/c1-3-4-14-27-22(31)19-10-5-6-11-20(19)28-21(30)12-13-24(27,28)23(32)26-18-9-7-8-17(15-18)25-16(2)29/h5-11,15H,3-4,12-14H2,1-2H3,(H,25,29)(H,26,32)/t24-/m0/s1. The lowest BCUT2D eigenvalue weighted by atomic mass is 9.95. The van der Waals surface area contributed by atoms with Gasteiger partial charge in [-0.15, -0.1) is 0 Å². The predicted octanol–water partition coefficient (Wildman–Crippen LogP) is 3.36. The molecule has 0 unspecified atom stereocenters. The number of hydrogen-bond donors (Lipinski definition) is 2. The van der Waals surface area contributed by atoms with Crippen LogP contribution >= 0.6 is 0 Å². The summed E-state index contributed by atoms with van der Waals surface area (Å²) in [5.41, 5.74) is 0.475. The quantitative estimate of drug-likeness (QED) is 0.728. The molecule has 0 saturated carbocycles. The predicted molar refractivity (Wildman–Crippen MR) is 121 cm³/mol. The summed E-state index contributed by atoms with van der Waals surface area (Å²) in [6.45, 7) is 3.79. The minimum Gasteiger partial charge on any atom is -0.326 e. The second-order valence-electron chi connectivity index (χ2n) is 8.09. The van der Waals surface area contributed by atoms with E-state index in [4.69, 9.17) is 0 Å². The van der Waals surface area contributed by atoms with Gasteiger partial charge in [0.05, 0.1) is 11.3 Å². The Bertz CT molecular complexity index is 1100. The molecule has 4 amide bonds. The average molecular weight is 434 g/mol. The van der Waals surface area contributed by atoms with Crippen molar-refractivity contribution in [1.29, 1.82) is 0 Å². The van der Waals surface area contributed by atoms with Crippen molar-refractivity contribution in [2.45, 2.75) is 45.2 Å². The second-order valence-corrected chi connectivity index (χ2v) is 8.09. The SMILES string of the molecule is CCCCN1C(=O)c2ccccc2N2C(=O)CC[C@]12C(=O)Nc1cccc(NC(C)=O)c1. The van der Waals surface area contributed by atoms with E-state index in [1.807, 2.05) is 6.92 Å². The molecule has 1 saturated heterocycles. The minimum atomic E-state index is -1.43. The van der Waals surface area contributed by atoms with Gasteiger partial charge in [-0.25, -0.2) is 0 Å². The van der Waals surface area contributed by atoms with Crippen LogP contribution in [0.15, 0.2) is 48.5 Å². The summed E-state index contributed by atoms with van der Waals surface area (Å²) in [7, 11) is 0. The van der Waals surface area contributed by atoms with Gasteiger partial charge in [0.15, 0.2) is 0 Å². The van der Waals surface area contributed by atoms with E-state index in [-0.39, 0.29) is 30.6 Å². The number of fused-ring (bicyclic) bond motifs is 3. The Hall–Kier alpha value is -3.68. The summed E-state index contributed by atoms with van der Waals surface area (Å²) < 4.78 is 0. The van der Waals surface area contributed by atoms with Gasteiger partial charge >= 0.3 is 0 Å². The highest BCUT2D eigenvalue weighted by Crippen LogP contribution is 2.45. The van der Waals surface area contributed by atoms with Crippen molar-refractivity contribution in [3.8, 4) is 0 Å². The number of para-hydroxylation sites is 1. The minimum absolute atomic E-state index is 0.170.